The van der Waals surface area contributed by atoms with Crippen molar-refractivity contribution in [1.29, 1.82) is 0 Å². The van der Waals surface area contributed by atoms with Crippen LogP contribution in [0.1, 0.15) is 25.1 Å². The van der Waals surface area contributed by atoms with E-state index in [0.717, 1.165) is 17.7 Å². The third-order valence-electron chi connectivity index (χ3n) is 2.12. The second-order valence-corrected chi connectivity index (χ2v) is 3.53. The Labute approximate surface area is 94.2 Å². The summed E-state index contributed by atoms with van der Waals surface area (Å²) in [6.07, 6.45) is 0.813. The molecule has 1 rings (SSSR count). The van der Waals surface area contributed by atoms with Crippen molar-refractivity contribution in [3.63, 3.8) is 0 Å². The number of hydrogen-bond donors (Lipinski definition) is 0. The van der Waals surface area contributed by atoms with Crippen LogP contribution in [-0.2, 0) is 22.5 Å². The van der Waals surface area contributed by atoms with Gasteiger partial charge < -0.3 is 4.74 Å². The SMILES string of the molecule is CCOC(=O)Cn1nc(C)c(CC)c1Cl. The van der Waals surface area contributed by atoms with Crippen molar-refractivity contribution in [2.75, 3.05) is 6.61 Å². The monoisotopic (exact) mass is 230 g/mol. The summed E-state index contributed by atoms with van der Waals surface area (Å²) in [5.41, 5.74) is 1.85. The molecule has 0 radical (unpaired) electrons. The molecule has 1 aromatic rings. The Morgan fingerprint density at radius 1 is 1.53 bits per heavy atom. The number of rotatable bonds is 4. The van der Waals surface area contributed by atoms with Gasteiger partial charge in [-0.1, -0.05) is 18.5 Å². The van der Waals surface area contributed by atoms with E-state index in [-0.39, 0.29) is 12.5 Å². The lowest BCUT2D eigenvalue weighted by Gasteiger charge is -2.03. The average molecular weight is 231 g/mol. The molecule has 0 saturated carbocycles. The fraction of sp³-hybridized carbons (Fsp3) is 0.600. The van der Waals surface area contributed by atoms with Crippen molar-refractivity contribution in [3.05, 3.63) is 16.4 Å². The molecule has 0 saturated heterocycles. The molecule has 0 atom stereocenters. The normalized spacial score (nSPS) is 10.4. The minimum atomic E-state index is -0.315. The molecule has 0 spiro atoms. The minimum absolute atomic E-state index is 0.0769. The number of halogens is 1. The van der Waals surface area contributed by atoms with Gasteiger partial charge >= 0.3 is 5.97 Å². The van der Waals surface area contributed by atoms with Crippen molar-refractivity contribution in [2.45, 2.75) is 33.7 Å². The highest BCUT2D eigenvalue weighted by Gasteiger charge is 2.14. The lowest BCUT2D eigenvalue weighted by molar-refractivity contribution is -0.144. The maximum Gasteiger partial charge on any atom is 0.327 e. The first-order chi connectivity index (χ1) is 7.10. The molecule has 1 aromatic heterocycles. The first-order valence-corrected chi connectivity index (χ1v) is 5.35. The summed E-state index contributed by atoms with van der Waals surface area (Å²) in [5.74, 6) is -0.315. The number of carbonyl (C=O) groups excluding carboxylic acids is 1. The van der Waals surface area contributed by atoms with Gasteiger partial charge in [0.05, 0.1) is 12.3 Å². The standard InChI is InChI=1S/C10H15ClN2O2/c1-4-8-7(3)12-13(10(8)11)6-9(14)15-5-2/h4-6H2,1-3H3. The molecule has 1 heterocycles. The summed E-state index contributed by atoms with van der Waals surface area (Å²) in [6, 6.07) is 0. The molecule has 0 bridgehead atoms. The average Bonchev–Trinajstić information content (AvgIpc) is 2.42. The Morgan fingerprint density at radius 2 is 2.20 bits per heavy atom. The Hall–Kier alpha value is -1.03. The molecule has 0 aliphatic carbocycles. The number of ether oxygens (including phenoxy) is 1. The second-order valence-electron chi connectivity index (χ2n) is 3.17. The predicted molar refractivity (Wildman–Crippen MR) is 58.0 cm³/mol. The highest BCUT2D eigenvalue weighted by molar-refractivity contribution is 6.30. The van der Waals surface area contributed by atoms with Crippen molar-refractivity contribution >= 4 is 17.6 Å². The van der Waals surface area contributed by atoms with Gasteiger partial charge in [0, 0.05) is 5.56 Å². The topological polar surface area (TPSA) is 44.1 Å². The molecule has 0 aliphatic heterocycles. The van der Waals surface area contributed by atoms with Gasteiger partial charge in [-0.2, -0.15) is 5.10 Å². The Morgan fingerprint density at radius 3 is 2.67 bits per heavy atom. The van der Waals surface area contributed by atoms with Crippen LogP contribution in [0.2, 0.25) is 5.15 Å². The summed E-state index contributed by atoms with van der Waals surface area (Å²) >= 11 is 6.07. The van der Waals surface area contributed by atoms with Gasteiger partial charge in [0.15, 0.2) is 0 Å². The maximum absolute atomic E-state index is 11.2. The quantitative estimate of drug-likeness (QED) is 0.743. The van der Waals surface area contributed by atoms with E-state index >= 15 is 0 Å². The summed E-state index contributed by atoms with van der Waals surface area (Å²) in [4.78, 5) is 11.2. The summed E-state index contributed by atoms with van der Waals surface area (Å²) in [7, 11) is 0. The molecule has 5 heteroatoms. The van der Waals surface area contributed by atoms with Gasteiger partial charge in [-0.25, -0.2) is 4.68 Å². The van der Waals surface area contributed by atoms with E-state index in [1.54, 1.807) is 6.92 Å². The summed E-state index contributed by atoms with van der Waals surface area (Å²) < 4.78 is 6.31. The van der Waals surface area contributed by atoms with E-state index in [2.05, 4.69) is 5.10 Å². The van der Waals surface area contributed by atoms with E-state index in [1.165, 1.54) is 4.68 Å². The molecule has 0 N–H and O–H groups in total. The van der Waals surface area contributed by atoms with Crippen LogP contribution >= 0.6 is 11.6 Å². The van der Waals surface area contributed by atoms with Gasteiger partial charge in [-0.05, 0) is 20.3 Å². The van der Waals surface area contributed by atoms with Gasteiger partial charge in [-0.15, -0.1) is 0 Å². The zero-order valence-corrected chi connectivity index (χ0v) is 9.97. The fourth-order valence-corrected chi connectivity index (χ4v) is 1.79. The first-order valence-electron chi connectivity index (χ1n) is 4.97. The van der Waals surface area contributed by atoms with Crippen molar-refractivity contribution in [3.8, 4) is 0 Å². The Balaban J connectivity index is 2.82. The van der Waals surface area contributed by atoms with Crippen LogP contribution in [0.3, 0.4) is 0 Å². The van der Waals surface area contributed by atoms with E-state index in [9.17, 15) is 4.79 Å². The molecule has 0 unspecified atom stereocenters. The summed E-state index contributed by atoms with van der Waals surface area (Å²) in [5, 5.41) is 4.72. The molecule has 15 heavy (non-hydrogen) atoms. The van der Waals surface area contributed by atoms with Crippen LogP contribution in [0.15, 0.2) is 0 Å². The van der Waals surface area contributed by atoms with Gasteiger partial charge in [0.1, 0.15) is 11.7 Å². The number of aromatic nitrogens is 2. The van der Waals surface area contributed by atoms with Crippen LogP contribution in [0, 0.1) is 6.92 Å². The van der Waals surface area contributed by atoms with E-state index in [4.69, 9.17) is 16.3 Å². The molecule has 84 valence electrons. The number of esters is 1. The third-order valence-corrected chi connectivity index (χ3v) is 2.54. The van der Waals surface area contributed by atoms with Crippen LogP contribution < -0.4 is 0 Å². The van der Waals surface area contributed by atoms with Gasteiger partial charge in [0.2, 0.25) is 0 Å². The number of nitrogens with zero attached hydrogens (tertiary/aromatic N) is 2. The molecule has 4 nitrogen and oxygen atoms in total. The van der Waals surface area contributed by atoms with Crippen molar-refractivity contribution in [2.24, 2.45) is 0 Å². The largest absolute Gasteiger partial charge is 0.465 e. The highest BCUT2D eigenvalue weighted by Crippen LogP contribution is 2.19. The smallest absolute Gasteiger partial charge is 0.327 e. The lowest BCUT2D eigenvalue weighted by Crippen LogP contribution is -2.14. The Bertz CT molecular complexity index is 361. The van der Waals surface area contributed by atoms with Crippen LogP contribution in [0.25, 0.3) is 0 Å². The van der Waals surface area contributed by atoms with Crippen LogP contribution in [-0.4, -0.2) is 22.4 Å². The first kappa shape index (κ1) is 12.0. The number of hydrogen-bond acceptors (Lipinski definition) is 3. The number of carbonyl (C=O) groups is 1. The minimum Gasteiger partial charge on any atom is -0.465 e. The lowest BCUT2D eigenvalue weighted by atomic mass is 10.2. The Kier molecular flexibility index (Phi) is 4.15. The third kappa shape index (κ3) is 2.72. The van der Waals surface area contributed by atoms with E-state index in [0.29, 0.717) is 11.8 Å². The van der Waals surface area contributed by atoms with E-state index < -0.39 is 0 Å². The molecular formula is C10H15ClN2O2. The summed E-state index contributed by atoms with van der Waals surface area (Å²) in [6.45, 7) is 6.10. The molecule has 0 fully saturated rings. The van der Waals surface area contributed by atoms with E-state index in [1.807, 2.05) is 13.8 Å². The van der Waals surface area contributed by atoms with Gasteiger partial charge in [-0.3, -0.25) is 4.79 Å². The molecule has 0 aromatic carbocycles. The maximum atomic E-state index is 11.2. The molecular weight excluding hydrogens is 216 g/mol. The number of aryl methyl sites for hydroxylation is 1. The van der Waals surface area contributed by atoms with Crippen molar-refractivity contribution in [1.82, 2.24) is 9.78 Å². The molecule has 0 aliphatic rings. The fourth-order valence-electron chi connectivity index (χ4n) is 1.43. The van der Waals surface area contributed by atoms with Crippen LogP contribution in [0.4, 0.5) is 0 Å². The van der Waals surface area contributed by atoms with Crippen molar-refractivity contribution < 1.29 is 9.53 Å². The zero-order chi connectivity index (χ0) is 11.4. The van der Waals surface area contributed by atoms with Gasteiger partial charge in [0.25, 0.3) is 0 Å². The van der Waals surface area contributed by atoms with Crippen LogP contribution in [0.5, 0.6) is 0 Å². The molecule has 0 amide bonds. The predicted octanol–water partition coefficient (Wildman–Crippen LogP) is 1.97. The second kappa shape index (κ2) is 5.16. The zero-order valence-electron chi connectivity index (χ0n) is 9.21. The highest BCUT2D eigenvalue weighted by atomic mass is 35.5.